The second-order valence-electron chi connectivity index (χ2n) is 3.04. The number of hydrogen-bond acceptors (Lipinski definition) is 4. The maximum Gasteiger partial charge on any atom is 0.367 e. The Bertz CT molecular complexity index is 469. The summed E-state index contributed by atoms with van der Waals surface area (Å²) in [6, 6.07) is 2.73. The molecule has 1 heterocycles. The van der Waals surface area contributed by atoms with Gasteiger partial charge in [0.25, 0.3) is 6.43 Å². The first-order valence-corrected chi connectivity index (χ1v) is 4.27. The van der Waals surface area contributed by atoms with E-state index in [1.807, 2.05) is 0 Å². The average Bonchev–Trinajstić information content (AvgIpc) is 2.19. The molecule has 0 atom stereocenters. The van der Waals surface area contributed by atoms with E-state index in [0.29, 0.717) is 0 Å². The summed E-state index contributed by atoms with van der Waals surface area (Å²) in [6.45, 7) is 1.21. The first-order valence-electron chi connectivity index (χ1n) is 4.27. The zero-order valence-corrected chi connectivity index (χ0v) is 8.28. The van der Waals surface area contributed by atoms with E-state index in [4.69, 9.17) is 5.26 Å². The van der Waals surface area contributed by atoms with Gasteiger partial charge in [0.1, 0.15) is 6.42 Å². The summed E-state index contributed by atoms with van der Waals surface area (Å²) in [7, 11) is 0. The van der Waals surface area contributed by atoms with Crippen molar-refractivity contribution in [2.24, 2.45) is 0 Å². The fraction of sp³-hybridized carbons (Fsp3) is 0.333. The Kier molecular flexibility index (Phi) is 3.45. The van der Waals surface area contributed by atoms with Crippen LogP contribution < -0.4 is 0 Å². The van der Waals surface area contributed by atoms with Crippen LogP contribution in [0.4, 0.5) is 14.6 Å². The largest absolute Gasteiger partial charge is 0.367 e. The van der Waals surface area contributed by atoms with Crippen molar-refractivity contribution < 1.29 is 13.7 Å². The molecule has 0 N–H and O–H groups in total. The van der Waals surface area contributed by atoms with Gasteiger partial charge in [-0.2, -0.15) is 5.26 Å². The lowest BCUT2D eigenvalue weighted by atomic mass is 10.1. The Morgan fingerprint density at radius 1 is 1.69 bits per heavy atom. The highest BCUT2D eigenvalue weighted by Crippen LogP contribution is 2.28. The third-order valence-electron chi connectivity index (χ3n) is 2.01. The van der Waals surface area contributed by atoms with Crippen LogP contribution in [0.3, 0.4) is 0 Å². The van der Waals surface area contributed by atoms with Crippen molar-refractivity contribution in [3.8, 4) is 6.07 Å². The van der Waals surface area contributed by atoms with Crippen LogP contribution in [0.25, 0.3) is 0 Å². The van der Waals surface area contributed by atoms with Crippen molar-refractivity contribution in [1.82, 2.24) is 4.98 Å². The molecule has 0 bridgehead atoms. The summed E-state index contributed by atoms with van der Waals surface area (Å²) in [5, 5.41) is 19.0. The second kappa shape index (κ2) is 4.61. The molecule has 0 spiro atoms. The van der Waals surface area contributed by atoms with E-state index in [9.17, 15) is 18.9 Å². The third kappa shape index (κ3) is 2.28. The molecule has 0 saturated heterocycles. The Morgan fingerprint density at radius 3 is 2.75 bits per heavy atom. The molecule has 1 aromatic rings. The Hall–Kier alpha value is -2.10. The van der Waals surface area contributed by atoms with Gasteiger partial charge in [-0.1, -0.05) is 0 Å². The van der Waals surface area contributed by atoms with Gasteiger partial charge >= 0.3 is 5.82 Å². The number of hydrogen-bond donors (Lipinski definition) is 0. The van der Waals surface area contributed by atoms with Crippen molar-refractivity contribution in [3.63, 3.8) is 0 Å². The number of nitro groups is 1. The lowest BCUT2D eigenvalue weighted by Crippen LogP contribution is -2.03. The highest BCUT2D eigenvalue weighted by molar-refractivity contribution is 5.41. The van der Waals surface area contributed by atoms with E-state index in [2.05, 4.69) is 4.98 Å². The minimum atomic E-state index is -2.82. The van der Waals surface area contributed by atoms with Crippen LogP contribution in [0.1, 0.15) is 23.2 Å². The van der Waals surface area contributed by atoms with Crippen molar-refractivity contribution in [3.05, 3.63) is 33.0 Å². The van der Waals surface area contributed by atoms with Gasteiger partial charge in [0.05, 0.1) is 11.6 Å². The molecule has 0 fully saturated rings. The van der Waals surface area contributed by atoms with E-state index in [-0.39, 0.29) is 17.7 Å². The Labute approximate surface area is 89.5 Å². The normalized spacial score (nSPS) is 10.2. The van der Waals surface area contributed by atoms with E-state index in [0.717, 1.165) is 6.07 Å². The highest BCUT2D eigenvalue weighted by atomic mass is 19.3. The van der Waals surface area contributed by atoms with Crippen LogP contribution in [-0.2, 0) is 6.42 Å². The summed E-state index contributed by atoms with van der Waals surface area (Å²) in [5.74, 6) is -0.622. The van der Waals surface area contributed by atoms with Gasteiger partial charge in [-0.25, -0.2) is 8.78 Å². The number of rotatable bonds is 3. The first-order chi connectivity index (χ1) is 7.47. The van der Waals surface area contributed by atoms with Crippen molar-refractivity contribution >= 4 is 5.82 Å². The van der Waals surface area contributed by atoms with Crippen molar-refractivity contribution in [2.45, 2.75) is 19.8 Å². The van der Waals surface area contributed by atoms with Crippen LogP contribution in [0.2, 0.25) is 0 Å². The van der Waals surface area contributed by atoms with Crippen molar-refractivity contribution in [2.75, 3.05) is 0 Å². The predicted octanol–water partition coefficient (Wildman–Crippen LogP) is 2.30. The van der Waals surface area contributed by atoms with Crippen LogP contribution in [0.15, 0.2) is 6.07 Å². The number of halogens is 2. The van der Waals surface area contributed by atoms with Gasteiger partial charge < -0.3 is 10.1 Å². The van der Waals surface area contributed by atoms with Crippen LogP contribution in [0, 0.1) is 28.4 Å². The van der Waals surface area contributed by atoms with Gasteiger partial charge in [-0.05, 0) is 22.9 Å². The molecular weight excluding hydrogens is 220 g/mol. The monoisotopic (exact) mass is 227 g/mol. The molecular formula is C9H7F2N3O2. The molecule has 1 rings (SSSR count). The molecule has 0 aliphatic rings. The lowest BCUT2D eigenvalue weighted by Gasteiger charge is -2.05. The smallest absolute Gasteiger partial charge is 0.358 e. The number of alkyl halides is 2. The Balaban J connectivity index is 3.40. The van der Waals surface area contributed by atoms with E-state index >= 15 is 0 Å². The van der Waals surface area contributed by atoms with Crippen molar-refractivity contribution in [1.29, 1.82) is 5.26 Å². The SMILES string of the molecule is Cc1c(C(F)F)cc(CC#N)nc1[N+](=O)[O-]. The maximum absolute atomic E-state index is 12.6. The van der Waals surface area contributed by atoms with E-state index in [1.54, 1.807) is 6.07 Å². The van der Waals surface area contributed by atoms with Gasteiger partial charge in [0.15, 0.2) is 5.69 Å². The molecule has 0 aliphatic carbocycles. The molecule has 0 amide bonds. The average molecular weight is 227 g/mol. The van der Waals surface area contributed by atoms with Crippen LogP contribution in [0.5, 0.6) is 0 Å². The van der Waals surface area contributed by atoms with E-state index < -0.39 is 22.7 Å². The molecule has 0 radical (unpaired) electrons. The van der Waals surface area contributed by atoms with Gasteiger partial charge in [-0.15, -0.1) is 0 Å². The molecule has 7 heteroatoms. The molecule has 0 aliphatic heterocycles. The molecule has 0 aromatic carbocycles. The molecule has 0 unspecified atom stereocenters. The maximum atomic E-state index is 12.6. The zero-order chi connectivity index (χ0) is 12.3. The summed E-state index contributed by atoms with van der Waals surface area (Å²) in [4.78, 5) is 13.3. The lowest BCUT2D eigenvalue weighted by molar-refractivity contribution is -0.390. The second-order valence-corrected chi connectivity index (χ2v) is 3.04. The summed E-state index contributed by atoms with van der Waals surface area (Å²) >= 11 is 0. The molecule has 5 nitrogen and oxygen atoms in total. The van der Waals surface area contributed by atoms with Gasteiger partial charge in [-0.3, -0.25) is 0 Å². The van der Waals surface area contributed by atoms with Gasteiger partial charge in [0.2, 0.25) is 0 Å². The Morgan fingerprint density at radius 2 is 2.31 bits per heavy atom. The number of nitriles is 1. The topological polar surface area (TPSA) is 79.8 Å². The molecule has 84 valence electrons. The minimum Gasteiger partial charge on any atom is -0.358 e. The van der Waals surface area contributed by atoms with Crippen LogP contribution >= 0.6 is 0 Å². The molecule has 1 aromatic heterocycles. The fourth-order valence-corrected chi connectivity index (χ4v) is 1.24. The third-order valence-corrected chi connectivity index (χ3v) is 2.01. The van der Waals surface area contributed by atoms with E-state index in [1.165, 1.54) is 6.92 Å². The molecule has 16 heavy (non-hydrogen) atoms. The fourth-order valence-electron chi connectivity index (χ4n) is 1.24. The number of nitrogens with zero attached hydrogens (tertiary/aromatic N) is 3. The summed E-state index contributed by atoms with van der Waals surface area (Å²) in [6.07, 6.45) is -3.06. The molecule has 0 saturated carbocycles. The number of aromatic nitrogens is 1. The quantitative estimate of drug-likeness (QED) is 0.586. The first kappa shape index (κ1) is 12.0. The highest BCUT2D eigenvalue weighted by Gasteiger charge is 2.23. The standard InChI is InChI=1S/C9H7F2N3O2/c1-5-7(8(10)11)4-6(2-3-12)13-9(5)14(15)16/h4,8H,2H2,1H3. The zero-order valence-electron chi connectivity index (χ0n) is 8.28. The van der Waals surface area contributed by atoms with Gasteiger partial charge in [0, 0.05) is 5.56 Å². The minimum absolute atomic E-state index is 0.0184. The summed E-state index contributed by atoms with van der Waals surface area (Å²) in [5.41, 5.74) is -0.635. The predicted molar refractivity (Wildman–Crippen MR) is 49.9 cm³/mol. The van der Waals surface area contributed by atoms with Crippen LogP contribution in [-0.4, -0.2) is 9.91 Å². The number of pyridine rings is 1. The summed E-state index contributed by atoms with van der Waals surface area (Å²) < 4.78 is 25.1.